The highest BCUT2D eigenvalue weighted by atomic mass is 35.5. The number of benzene rings is 1. The first-order valence-electron chi connectivity index (χ1n) is 6.27. The average molecular weight is 306 g/mol. The lowest BCUT2D eigenvalue weighted by Crippen LogP contribution is -1.97. The van der Waals surface area contributed by atoms with Gasteiger partial charge >= 0.3 is 0 Å². The van der Waals surface area contributed by atoms with Crippen LogP contribution in [0.3, 0.4) is 0 Å². The maximum absolute atomic E-state index is 6.50. The van der Waals surface area contributed by atoms with E-state index in [0.29, 0.717) is 21.5 Å². The maximum atomic E-state index is 6.50. The number of aryl methyl sites for hydroxylation is 3. The van der Waals surface area contributed by atoms with Crippen molar-refractivity contribution in [3.63, 3.8) is 0 Å². The van der Waals surface area contributed by atoms with Crippen molar-refractivity contribution >= 4 is 28.8 Å². The third-order valence-corrected chi connectivity index (χ3v) is 4.06. The minimum Gasteiger partial charge on any atom is -0.216 e. The summed E-state index contributed by atoms with van der Waals surface area (Å²) in [7, 11) is 0. The molecule has 3 aromatic rings. The monoisotopic (exact) mass is 305 g/mol. The molecule has 0 aliphatic carbocycles. The van der Waals surface area contributed by atoms with Crippen LogP contribution in [-0.2, 0) is 0 Å². The molecule has 0 aliphatic rings. The van der Waals surface area contributed by atoms with E-state index in [0.717, 1.165) is 22.4 Å². The summed E-state index contributed by atoms with van der Waals surface area (Å²) < 4.78 is 1.65. The zero-order valence-corrected chi connectivity index (χ0v) is 12.9. The van der Waals surface area contributed by atoms with Crippen molar-refractivity contribution in [1.82, 2.24) is 14.6 Å². The molecule has 1 aromatic carbocycles. The van der Waals surface area contributed by atoms with Gasteiger partial charge in [-0.25, -0.2) is 9.50 Å². The lowest BCUT2D eigenvalue weighted by atomic mass is 10.1. The van der Waals surface area contributed by atoms with Gasteiger partial charge in [0.15, 0.2) is 5.65 Å². The van der Waals surface area contributed by atoms with Crippen LogP contribution in [0, 0.1) is 20.8 Å². The molecule has 3 nitrogen and oxygen atoms in total. The minimum absolute atomic E-state index is 0.399. The minimum atomic E-state index is 0.399. The Bertz CT molecular complexity index is 822. The summed E-state index contributed by atoms with van der Waals surface area (Å²) in [6.07, 6.45) is 0. The Morgan fingerprint density at radius 2 is 1.85 bits per heavy atom. The van der Waals surface area contributed by atoms with Crippen molar-refractivity contribution in [2.75, 3.05) is 0 Å². The molecule has 0 saturated carbocycles. The molecular weight excluding hydrogens is 293 g/mol. The van der Waals surface area contributed by atoms with Crippen LogP contribution >= 0.6 is 23.2 Å². The highest BCUT2D eigenvalue weighted by molar-refractivity contribution is 6.38. The third kappa shape index (κ3) is 1.98. The summed E-state index contributed by atoms with van der Waals surface area (Å²) in [6, 6.07) is 8.00. The fraction of sp³-hybridized carbons (Fsp3) is 0.200. The van der Waals surface area contributed by atoms with Gasteiger partial charge < -0.3 is 0 Å². The molecule has 0 N–H and O–H groups in total. The van der Waals surface area contributed by atoms with E-state index in [-0.39, 0.29) is 0 Å². The zero-order chi connectivity index (χ0) is 14.4. The first kappa shape index (κ1) is 13.4. The number of halogens is 2. The summed E-state index contributed by atoms with van der Waals surface area (Å²) in [4.78, 5) is 4.44. The second kappa shape index (κ2) is 4.76. The Hall–Kier alpha value is -1.58. The van der Waals surface area contributed by atoms with Gasteiger partial charge in [-0.3, -0.25) is 0 Å². The number of hydrogen-bond donors (Lipinski definition) is 0. The van der Waals surface area contributed by atoms with E-state index < -0.39 is 0 Å². The number of hydrogen-bond acceptors (Lipinski definition) is 2. The van der Waals surface area contributed by atoms with E-state index in [2.05, 4.69) is 10.1 Å². The van der Waals surface area contributed by atoms with E-state index in [1.165, 1.54) is 0 Å². The SMILES string of the molecule is Cc1cccc(-c2c(Cl)nc3c(C)c(C)nn3c2Cl)c1. The molecule has 0 unspecified atom stereocenters. The van der Waals surface area contributed by atoms with Crippen molar-refractivity contribution in [3.05, 3.63) is 51.4 Å². The van der Waals surface area contributed by atoms with Gasteiger partial charge in [0.05, 0.1) is 11.3 Å². The fourth-order valence-electron chi connectivity index (χ4n) is 2.24. The van der Waals surface area contributed by atoms with Crippen LogP contribution < -0.4 is 0 Å². The Morgan fingerprint density at radius 3 is 2.55 bits per heavy atom. The van der Waals surface area contributed by atoms with Crippen LogP contribution in [-0.4, -0.2) is 14.6 Å². The van der Waals surface area contributed by atoms with E-state index in [1.54, 1.807) is 4.52 Å². The van der Waals surface area contributed by atoms with Crippen LogP contribution in [0.15, 0.2) is 24.3 Å². The predicted molar refractivity (Wildman–Crippen MR) is 82.7 cm³/mol. The molecule has 0 radical (unpaired) electrons. The normalized spacial score (nSPS) is 11.2. The molecule has 2 heterocycles. The smallest absolute Gasteiger partial charge is 0.161 e. The van der Waals surface area contributed by atoms with Gasteiger partial charge in [-0.1, -0.05) is 53.0 Å². The molecule has 0 bridgehead atoms. The van der Waals surface area contributed by atoms with Crippen molar-refractivity contribution in [2.45, 2.75) is 20.8 Å². The van der Waals surface area contributed by atoms with E-state index in [4.69, 9.17) is 23.2 Å². The van der Waals surface area contributed by atoms with Gasteiger partial charge in [-0.2, -0.15) is 5.10 Å². The van der Waals surface area contributed by atoms with Crippen molar-refractivity contribution in [3.8, 4) is 11.1 Å². The van der Waals surface area contributed by atoms with Crippen LogP contribution in [0.25, 0.3) is 16.8 Å². The first-order valence-corrected chi connectivity index (χ1v) is 7.02. The molecule has 2 aromatic heterocycles. The molecule has 20 heavy (non-hydrogen) atoms. The van der Waals surface area contributed by atoms with E-state index in [1.807, 2.05) is 45.0 Å². The van der Waals surface area contributed by atoms with E-state index in [9.17, 15) is 0 Å². The Morgan fingerprint density at radius 1 is 1.10 bits per heavy atom. The molecule has 3 rings (SSSR count). The topological polar surface area (TPSA) is 30.2 Å². The van der Waals surface area contributed by atoms with Crippen LogP contribution in [0.5, 0.6) is 0 Å². The van der Waals surface area contributed by atoms with Crippen LogP contribution in [0.2, 0.25) is 10.3 Å². The molecule has 0 atom stereocenters. The van der Waals surface area contributed by atoms with Gasteiger partial charge in [0.25, 0.3) is 0 Å². The second-order valence-electron chi connectivity index (χ2n) is 4.88. The molecule has 0 amide bonds. The molecular formula is C15H13Cl2N3. The van der Waals surface area contributed by atoms with Crippen molar-refractivity contribution < 1.29 is 0 Å². The van der Waals surface area contributed by atoms with Gasteiger partial charge in [0.1, 0.15) is 10.3 Å². The molecule has 0 saturated heterocycles. The third-order valence-electron chi connectivity index (χ3n) is 3.44. The number of nitrogens with zero attached hydrogens (tertiary/aromatic N) is 3. The number of rotatable bonds is 1. The quantitative estimate of drug-likeness (QED) is 0.614. The van der Waals surface area contributed by atoms with Crippen LogP contribution in [0.4, 0.5) is 0 Å². The summed E-state index contributed by atoms with van der Waals surface area (Å²) in [6.45, 7) is 5.92. The average Bonchev–Trinajstić information content (AvgIpc) is 2.67. The van der Waals surface area contributed by atoms with E-state index >= 15 is 0 Å². The standard InChI is InChI=1S/C15H13Cl2N3/c1-8-5-4-6-11(7-8)12-13(16)18-15-9(2)10(3)19-20(15)14(12)17/h4-7H,1-3H3. The molecule has 102 valence electrons. The number of aromatic nitrogens is 3. The van der Waals surface area contributed by atoms with Gasteiger partial charge in [0, 0.05) is 5.56 Å². The first-order chi connectivity index (χ1) is 9.49. The van der Waals surface area contributed by atoms with Gasteiger partial charge in [-0.05, 0) is 26.3 Å². The fourth-order valence-corrected chi connectivity index (χ4v) is 2.88. The molecule has 0 fully saturated rings. The number of fused-ring (bicyclic) bond motifs is 1. The molecule has 5 heteroatoms. The Kier molecular flexibility index (Phi) is 3.19. The van der Waals surface area contributed by atoms with Crippen molar-refractivity contribution in [2.24, 2.45) is 0 Å². The Labute approximate surface area is 127 Å². The highest BCUT2D eigenvalue weighted by Crippen LogP contribution is 2.35. The highest BCUT2D eigenvalue weighted by Gasteiger charge is 2.17. The molecule has 0 spiro atoms. The van der Waals surface area contributed by atoms with Gasteiger partial charge in [-0.15, -0.1) is 0 Å². The summed E-state index contributed by atoms with van der Waals surface area (Å²) in [5.41, 5.74) is 5.39. The zero-order valence-electron chi connectivity index (χ0n) is 11.4. The summed E-state index contributed by atoms with van der Waals surface area (Å²) in [5.74, 6) is 0. The summed E-state index contributed by atoms with van der Waals surface area (Å²) >= 11 is 12.8. The lowest BCUT2D eigenvalue weighted by Gasteiger charge is -2.09. The van der Waals surface area contributed by atoms with Crippen LogP contribution in [0.1, 0.15) is 16.8 Å². The summed E-state index contributed by atoms with van der Waals surface area (Å²) in [5, 5.41) is 5.31. The second-order valence-corrected chi connectivity index (χ2v) is 5.60. The van der Waals surface area contributed by atoms with Gasteiger partial charge in [0.2, 0.25) is 0 Å². The maximum Gasteiger partial charge on any atom is 0.161 e. The molecule has 0 aliphatic heterocycles. The Balaban J connectivity index is 2.37. The van der Waals surface area contributed by atoms with Crippen molar-refractivity contribution in [1.29, 1.82) is 0 Å². The largest absolute Gasteiger partial charge is 0.216 e. The lowest BCUT2D eigenvalue weighted by molar-refractivity contribution is 0.919. The predicted octanol–water partition coefficient (Wildman–Crippen LogP) is 4.63.